The molecule has 81 heavy (non-hydrogen) atoms. The van der Waals surface area contributed by atoms with Crippen LogP contribution in [0.3, 0.4) is 0 Å². The van der Waals surface area contributed by atoms with Gasteiger partial charge in [0, 0.05) is 19.3 Å². The number of unbranched alkanes of at least 4 members (excludes halogenated alkanes) is 42. The minimum absolute atomic E-state index is 0.0833. The second kappa shape index (κ2) is 69.3. The van der Waals surface area contributed by atoms with Gasteiger partial charge in [-0.15, -0.1) is 0 Å². The predicted octanol–water partition coefficient (Wildman–Crippen LogP) is 24.4. The first-order valence-electron chi connectivity index (χ1n) is 35.4. The van der Waals surface area contributed by atoms with Crippen molar-refractivity contribution in [2.45, 2.75) is 374 Å². The normalized spacial score (nSPS) is 12.5. The largest absolute Gasteiger partial charge is 0.462 e. The lowest BCUT2D eigenvalue weighted by atomic mass is 10.0. The van der Waals surface area contributed by atoms with Crippen molar-refractivity contribution in [3.05, 3.63) is 72.9 Å². The minimum Gasteiger partial charge on any atom is -0.462 e. The second-order valence-corrected chi connectivity index (χ2v) is 23.8. The van der Waals surface area contributed by atoms with E-state index in [4.69, 9.17) is 14.2 Å². The third-order valence-electron chi connectivity index (χ3n) is 15.7. The van der Waals surface area contributed by atoms with Crippen molar-refractivity contribution in [1.29, 1.82) is 0 Å². The van der Waals surface area contributed by atoms with Crippen LogP contribution in [-0.4, -0.2) is 37.2 Å². The number of hydrogen-bond donors (Lipinski definition) is 0. The molecule has 470 valence electrons. The fourth-order valence-corrected chi connectivity index (χ4v) is 10.4. The molecule has 0 aliphatic heterocycles. The third-order valence-corrected chi connectivity index (χ3v) is 15.7. The van der Waals surface area contributed by atoms with Gasteiger partial charge in [-0.3, -0.25) is 14.4 Å². The summed E-state index contributed by atoms with van der Waals surface area (Å²) in [4.78, 5) is 38.3. The van der Waals surface area contributed by atoms with Gasteiger partial charge in [0.15, 0.2) is 6.10 Å². The van der Waals surface area contributed by atoms with Crippen molar-refractivity contribution in [3.8, 4) is 0 Å². The molecule has 0 aromatic rings. The summed E-state index contributed by atoms with van der Waals surface area (Å²) < 4.78 is 16.9. The summed E-state index contributed by atoms with van der Waals surface area (Å²) in [5.74, 6) is -0.897. The van der Waals surface area contributed by atoms with Crippen LogP contribution in [0.25, 0.3) is 0 Å². The van der Waals surface area contributed by atoms with Crippen LogP contribution in [-0.2, 0) is 28.6 Å². The van der Waals surface area contributed by atoms with Crippen LogP contribution in [0.15, 0.2) is 72.9 Å². The number of ether oxygens (including phenoxy) is 3. The molecule has 1 unspecified atom stereocenters. The molecule has 0 aromatic heterocycles. The van der Waals surface area contributed by atoms with Crippen molar-refractivity contribution in [3.63, 3.8) is 0 Å². The van der Waals surface area contributed by atoms with Crippen molar-refractivity contribution < 1.29 is 28.6 Å². The Hall–Kier alpha value is -3.15. The molecular formula is C75H134O6. The number of allylic oxidation sites excluding steroid dienone is 12. The summed E-state index contributed by atoms with van der Waals surface area (Å²) in [5.41, 5.74) is 0. The maximum Gasteiger partial charge on any atom is 0.306 e. The van der Waals surface area contributed by atoms with E-state index in [-0.39, 0.29) is 31.1 Å². The minimum atomic E-state index is -0.789. The fraction of sp³-hybridized carbons (Fsp3) is 0.800. The van der Waals surface area contributed by atoms with Gasteiger partial charge in [-0.2, -0.15) is 0 Å². The third kappa shape index (κ3) is 67.5. The lowest BCUT2D eigenvalue weighted by Gasteiger charge is -2.18. The highest BCUT2D eigenvalue weighted by molar-refractivity contribution is 5.71. The van der Waals surface area contributed by atoms with E-state index in [2.05, 4.69) is 93.7 Å². The zero-order chi connectivity index (χ0) is 58.5. The zero-order valence-corrected chi connectivity index (χ0v) is 54.1. The molecule has 0 rings (SSSR count). The van der Waals surface area contributed by atoms with E-state index >= 15 is 0 Å². The van der Waals surface area contributed by atoms with Gasteiger partial charge in [-0.05, 0) is 83.5 Å². The van der Waals surface area contributed by atoms with Gasteiger partial charge in [0.05, 0.1) is 0 Å². The fourth-order valence-electron chi connectivity index (χ4n) is 10.4. The smallest absolute Gasteiger partial charge is 0.306 e. The number of hydrogen-bond acceptors (Lipinski definition) is 6. The quantitative estimate of drug-likeness (QED) is 0.0261. The standard InChI is InChI=1S/C75H134O6/c1-4-7-10-13-16-19-22-24-26-28-30-32-33-34-35-36-37-38-39-40-41-42-44-45-47-49-51-53-56-59-62-65-68-74(77)80-71-72(70-79-73(76)67-64-61-58-55-21-18-15-12-9-6-3)81-75(78)69-66-63-60-57-54-52-50-48-46-43-31-29-27-25-23-20-17-14-11-8-5-2/h8,11-12,15,17,20,25,27,31,43,48,50,72H,4-7,9-10,13-14,16,18-19,21-24,26,28-30,32-42,44-47,49,51-71H2,1-3H3/b11-8-,15-12-,20-17-,27-25-,43-31-,50-48-. The van der Waals surface area contributed by atoms with Gasteiger partial charge in [0.1, 0.15) is 13.2 Å². The Morgan fingerprint density at radius 2 is 0.506 bits per heavy atom. The molecule has 0 amide bonds. The van der Waals surface area contributed by atoms with Gasteiger partial charge in [0.25, 0.3) is 0 Å². The van der Waals surface area contributed by atoms with Gasteiger partial charge in [-0.1, -0.05) is 338 Å². The van der Waals surface area contributed by atoms with E-state index < -0.39 is 6.10 Å². The summed E-state index contributed by atoms with van der Waals surface area (Å²) in [6.45, 7) is 6.49. The first-order valence-corrected chi connectivity index (χ1v) is 35.4. The van der Waals surface area contributed by atoms with Gasteiger partial charge >= 0.3 is 17.9 Å². The maximum absolute atomic E-state index is 12.9. The summed E-state index contributed by atoms with van der Waals surface area (Å²) in [7, 11) is 0. The molecule has 6 nitrogen and oxygen atoms in total. The summed E-state index contributed by atoms with van der Waals surface area (Å²) >= 11 is 0. The van der Waals surface area contributed by atoms with Crippen molar-refractivity contribution >= 4 is 17.9 Å². The SMILES string of the molecule is CC/C=C\C/C=C\C/C=C\C/C=C\C/C=C\CCCCCCCC(=O)OC(COC(=O)CCCCCCC/C=C\CCC)COC(=O)CCCCCCCCCCCCCCCCCCCCCCCCCCCCCCCCCC. The molecule has 0 heterocycles. The highest BCUT2D eigenvalue weighted by atomic mass is 16.6. The molecule has 0 saturated heterocycles. The zero-order valence-electron chi connectivity index (χ0n) is 54.1. The van der Waals surface area contributed by atoms with Gasteiger partial charge < -0.3 is 14.2 Å². The topological polar surface area (TPSA) is 78.9 Å². The van der Waals surface area contributed by atoms with E-state index in [0.717, 1.165) is 122 Å². The Labute approximate surface area is 503 Å². The molecule has 0 bridgehead atoms. The van der Waals surface area contributed by atoms with Crippen LogP contribution in [0, 0.1) is 0 Å². The van der Waals surface area contributed by atoms with E-state index in [0.29, 0.717) is 19.3 Å². The second-order valence-electron chi connectivity index (χ2n) is 23.8. The summed E-state index contributed by atoms with van der Waals surface area (Å²) in [6, 6.07) is 0. The molecule has 0 aromatic carbocycles. The van der Waals surface area contributed by atoms with Gasteiger partial charge in [0.2, 0.25) is 0 Å². The first kappa shape index (κ1) is 77.9. The first-order chi connectivity index (χ1) is 40.0. The predicted molar refractivity (Wildman–Crippen MR) is 353 cm³/mol. The van der Waals surface area contributed by atoms with Crippen LogP contribution >= 0.6 is 0 Å². The lowest BCUT2D eigenvalue weighted by Crippen LogP contribution is -2.30. The number of carbonyl (C=O) groups is 3. The van der Waals surface area contributed by atoms with Crippen molar-refractivity contribution in [2.75, 3.05) is 13.2 Å². The summed E-state index contributed by atoms with van der Waals surface area (Å²) in [6.07, 6.45) is 91.0. The van der Waals surface area contributed by atoms with E-state index in [9.17, 15) is 14.4 Å². The molecule has 0 aliphatic rings. The Kier molecular flexibility index (Phi) is 66.6. The lowest BCUT2D eigenvalue weighted by molar-refractivity contribution is -0.167. The number of rotatable bonds is 65. The van der Waals surface area contributed by atoms with Gasteiger partial charge in [-0.25, -0.2) is 0 Å². The molecule has 0 N–H and O–H groups in total. The Bertz CT molecular complexity index is 1490. The van der Waals surface area contributed by atoms with Crippen LogP contribution in [0.5, 0.6) is 0 Å². The van der Waals surface area contributed by atoms with E-state index in [1.807, 2.05) is 0 Å². The number of carbonyl (C=O) groups excluding carboxylic acids is 3. The Balaban J connectivity index is 4.12. The molecule has 0 aliphatic carbocycles. The molecular weight excluding hydrogens is 997 g/mol. The van der Waals surface area contributed by atoms with E-state index in [1.165, 1.54) is 205 Å². The van der Waals surface area contributed by atoms with Crippen LogP contribution in [0.4, 0.5) is 0 Å². The average Bonchev–Trinajstić information content (AvgIpc) is 3.47. The maximum atomic E-state index is 12.9. The highest BCUT2D eigenvalue weighted by Crippen LogP contribution is 2.18. The molecule has 0 saturated carbocycles. The average molecular weight is 1130 g/mol. The van der Waals surface area contributed by atoms with Crippen molar-refractivity contribution in [2.24, 2.45) is 0 Å². The monoisotopic (exact) mass is 1130 g/mol. The van der Waals surface area contributed by atoms with Crippen LogP contribution in [0.2, 0.25) is 0 Å². The molecule has 1 atom stereocenters. The number of esters is 3. The van der Waals surface area contributed by atoms with Crippen LogP contribution < -0.4 is 0 Å². The molecule has 0 radical (unpaired) electrons. The Morgan fingerprint density at radius 3 is 0.815 bits per heavy atom. The Morgan fingerprint density at radius 1 is 0.259 bits per heavy atom. The summed E-state index contributed by atoms with van der Waals surface area (Å²) in [5, 5.41) is 0. The van der Waals surface area contributed by atoms with Crippen LogP contribution in [0.1, 0.15) is 367 Å². The molecule has 0 fully saturated rings. The highest BCUT2D eigenvalue weighted by Gasteiger charge is 2.19. The van der Waals surface area contributed by atoms with Crippen molar-refractivity contribution in [1.82, 2.24) is 0 Å². The molecule has 0 spiro atoms. The molecule has 6 heteroatoms. The van der Waals surface area contributed by atoms with E-state index in [1.54, 1.807) is 0 Å².